The first-order chi connectivity index (χ1) is 13.0. The van der Waals surface area contributed by atoms with Gasteiger partial charge in [0.05, 0.1) is 7.11 Å². The number of rotatable bonds is 7. The number of carbonyl (C=O) groups is 1. The van der Waals surface area contributed by atoms with Crippen LogP contribution in [-0.2, 0) is 11.3 Å². The highest BCUT2D eigenvalue weighted by Crippen LogP contribution is 2.28. The van der Waals surface area contributed by atoms with E-state index in [9.17, 15) is 9.18 Å². The fourth-order valence-electron chi connectivity index (χ4n) is 2.31. The zero-order valence-electron chi connectivity index (χ0n) is 14.9. The molecule has 0 saturated carbocycles. The van der Waals surface area contributed by atoms with Crippen LogP contribution < -0.4 is 9.47 Å². The molecule has 0 atom stereocenters. The summed E-state index contributed by atoms with van der Waals surface area (Å²) in [6.07, 6.45) is 2.98. The number of halogens is 2. The van der Waals surface area contributed by atoms with Crippen molar-refractivity contribution in [1.82, 2.24) is 4.90 Å². The first-order valence-electron chi connectivity index (χ1n) is 8.00. The van der Waals surface area contributed by atoms with Crippen molar-refractivity contribution in [3.05, 3.63) is 64.4 Å². The van der Waals surface area contributed by atoms with Gasteiger partial charge >= 0.3 is 0 Å². The minimum atomic E-state index is -0.455. The number of hydrogen-bond donors (Lipinski definition) is 0. The van der Waals surface area contributed by atoms with Crippen LogP contribution in [0.4, 0.5) is 4.39 Å². The van der Waals surface area contributed by atoms with Crippen molar-refractivity contribution in [1.29, 1.82) is 5.26 Å². The monoisotopic (exact) mass is 388 g/mol. The number of methoxy groups -OCH3 is 1. The van der Waals surface area contributed by atoms with Gasteiger partial charge < -0.3 is 14.4 Å². The Labute approximate surface area is 162 Å². The molecule has 0 saturated heterocycles. The number of hydrogen-bond acceptors (Lipinski definition) is 4. The number of amides is 1. The number of ether oxygens (including phenoxy) is 2. The summed E-state index contributed by atoms with van der Waals surface area (Å²) in [5, 5.41) is 8.86. The third kappa shape index (κ3) is 5.47. The third-order valence-corrected chi connectivity index (χ3v) is 4.09. The molecule has 0 fully saturated rings. The highest BCUT2D eigenvalue weighted by Gasteiger charge is 2.12. The standard InChI is InChI=1S/C20H18ClFN2O3/c1-24(13-15-16(21)4-3-5-17(15)22)20(25)9-7-14-6-8-18(27-11-10-23)19(12-14)26-2/h3-9,12H,11,13H2,1-2H3/b9-7+. The van der Waals surface area contributed by atoms with Crippen LogP contribution in [-0.4, -0.2) is 31.6 Å². The second-order valence-corrected chi connectivity index (χ2v) is 5.99. The van der Waals surface area contributed by atoms with Gasteiger partial charge in [-0.2, -0.15) is 5.26 Å². The molecule has 0 unspecified atom stereocenters. The summed E-state index contributed by atoms with van der Waals surface area (Å²) in [6.45, 7) is -0.0353. The van der Waals surface area contributed by atoms with Crippen molar-refractivity contribution < 1.29 is 18.7 Å². The van der Waals surface area contributed by atoms with E-state index in [1.807, 2.05) is 6.07 Å². The van der Waals surface area contributed by atoms with E-state index in [0.29, 0.717) is 17.1 Å². The molecular weight excluding hydrogens is 371 g/mol. The zero-order valence-corrected chi connectivity index (χ0v) is 15.7. The molecule has 1 amide bonds. The maximum Gasteiger partial charge on any atom is 0.246 e. The third-order valence-electron chi connectivity index (χ3n) is 3.73. The van der Waals surface area contributed by atoms with E-state index in [4.69, 9.17) is 26.3 Å². The van der Waals surface area contributed by atoms with Gasteiger partial charge in [-0.25, -0.2) is 4.39 Å². The Balaban J connectivity index is 2.08. The predicted octanol–water partition coefficient (Wildman–Crippen LogP) is 4.06. The Hall–Kier alpha value is -3.04. The minimum absolute atomic E-state index is 0.0545. The normalized spacial score (nSPS) is 10.5. The number of carbonyl (C=O) groups excluding carboxylic acids is 1. The molecule has 0 aromatic heterocycles. The van der Waals surface area contributed by atoms with Crippen LogP contribution in [0.25, 0.3) is 6.08 Å². The Bertz CT molecular complexity index is 873. The smallest absolute Gasteiger partial charge is 0.246 e. The van der Waals surface area contributed by atoms with E-state index in [0.717, 1.165) is 0 Å². The molecule has 2 rings (SSSR count). The molecule has 0 spiro atoms. The average molecular weight is 389 g/mol. The molecule has 0 N–H and O–H groups in total. The average Bonchev–Trinajstić information content (AvgIpc) is 2.67. The van der Waals surface area contributed by atoms with Gasteiger partial charge in [0.1, 0.15) is 11.9 Å². The van der Waals surface area contributed by atoms with Crippen LogP contribution in [0.15, 0.2) is 42.5 Å². The Morgan fingerprint density at radius 2 is 2.11 bits per heavy atom. The molecule has 140 valence electrons. The summed E-state index contributed by atoms with van der Waals surface area (Å²) in [4.78, 5) is 13.7. The quantitative estimate of drug-likeness (QED) is 0.671. The summed E-state index contributed by atoms with van der Waals surface area (Å²) >= 11 is 5.99. The summed E-state index contributed by atoms with van der Waals surface area (Å²) in [5.74, 6) is 0.127. The summed E-state index contributed by atoms with van der Waals surface area (Å²) in [7, 11) is 3.05. The van der Waals surface area contributed by atoms with Crippen LogP contribution in [0, 0.1) is 17.1 Å². The van der Waals surface area contributed by atoms with E-state index in [1.165, 1.54) is 30.2 Å². The fourth-order valence-corrected chi connectivity index (χ4v) is 2.53. The van der Waals surface area contributed by atoms with Crippen molar-refractivity contribution in [2.75, 3.05) is 20.8 Å². The lowest BCUT2D eigenvalue weighted by Crippen LogP contribution is -2.24. The highest BCUT2D eigenvalue weighted by atomic mass is 35.5. The largest absolute Gasteiger partial charge is 0.493 e. The highest BCUT2D eigenvalue weighted by molar-refractivity contribution is 6.31. The van der Waals surface area contributed by atoms with Crippen LogP contribution in [0.3, 0.4) is 0 Å². The van der Waals surface area contributed by atoms with Gasteiger partial charge in [-0.05, 0) is 35.9 Å². The van der Waals surface area contributed by atoms with E-state index in [2.05, 4.69) is 0 Å². The molecule has 2 aromatic rings. The van der Waals surface area contributed by atoms with E-state index in [-0.39, 0.29) is 29.6 Å². The molecule has 0 bridgehead atoms. The number of nitriles is 1. The maximum atomic E-state index is 13.8. The topological polar surface area (TPSA) is 62.6 Å². The van der Waals surface area contributed by atoms with Gasteiger partial charge in [0.2, 0.25) is 5.91 Å². The molecule has 0 aliphatic carbocycles. The molecule has 2 aromatic carbocycles. The minimum Gasteiger partial charge on any atom is -0.493 e. The predicted molar refractivity (Wildman–Crippen MR) is 101 cm³/mol. The molecule has 5 nitrogen and oxygen atoms in total. The molecule has 0 radical (unpaired) electrons. The SMILES string of the molecule is COc1cc(/C=C/C(=O)N(C)Cc2c(F)cccc2Cl)ccc1OCC#N. The molecule has 0 aliphatic heterocycles. The van der Waals surface area contributed by atoms with Gasteiger partial charge in [-0.15, -0.1) is 0 Å². The first kappa shape index (κ1) is 20.3. The first-order valence-corrected chi connectivity index (χ1v) is 8.38. The number of nitrogens with zero attached hydrogens (tertiary/aromatic N) is 2. The second-order valence-electron chi connectivity index (χ2n) is 5.58. The van der Waals surface area contributed by atoms with Crippen molar-refractivity contribution >= 4 is 23.6 Å². The van der Waals surface area contributed by atoms with Crippen molar-refractivity contribution in [2.24, 2.45) is 0 Å². The van der Waals surface area contributed by atoms with Crippen molar-refractivity contribution in [2.45, 2.75) is 6.54 Å². The number of likely N-dealkylation sites (N-methyl/N-ethyl adjacent to an activating group) is 1. The van der Waals surface area contributed by atoms with Gasteiger partial charge in [0, 0.05) is 30.3 Å². The van der Waals surface area contributed by atoms with Crippen molar-refractivity contribution in [3.63, 3.8) is 0 Å². The molecule has 0 aliphatic rings. The van der Waals surface area contributed by atoms with E-state index in [1.54, 1.807) is 37.4 Å². The Morgan fingerprint density at radius 1 is 1.33 bits per heavy atom. The second kappa shape index (κ2) is 9.60. The van der Waals surface area contributed by atoms with Gasteiger partial charge in [-0.3, -0.25) is 4.79 Å². The van der Waals surface area contributed by atoms with Crippen LogP contribution in [0.1, 0.15) is 11.1 Å². The lowest BCUT2D eigenvalue weighted by molar-refractivity contribution is -0.125. The maximum absolute atomic E-state index is 13.8. The Morgan fingerprint density at radius 3 is 2.78 bits per heavy atom. The summed E-state index contributed by atoms with van der Waals surface area (Å²) in [6, 6.07) is 11.4. The summed E-state index contributed by atoms with van der Waals surface area (Å²) in [5.41, 5.74) is 0.978. The number of benzene rings is 2. The van der Waals surface area contributed by atoms with Gasteiger partial charge in [-0.1, -0.05) is 23.7 Å². The Kier molecular flexibility index (Phi) is 7.21. The van der Waals surface area contributed by atoms with Crippen molar-refractivity contribution in [3.8, 4) is 17.6 Å². The van der Waals surface area contributed by atoms with Gasteiger partial charge in [0.15, 0.2) is 18.1 Å². The summed E-state index contributed by atoms with van der Waals surface area (Å²) < 4.78 is 24.3. The molecule has 0 heterocycles. The molecule has 7 heteroatoms. The van der Waals surface area contributed by atoms with E-state index >= 15 is 0 Å². The lowest BCUT2D eigenvalue weighted by atomic mass is 10.1. The molecule has 27 heavy (non-hydrogen) atoms. The fraction of sp³-hybridized carbons (Fsp3) is 0.200. The molecular formula is C20H18ClFN2O3. The van der Waals surface area contributed by atoms with Crippen LogP contribution in [0.5, 0.6) is 11.5 Å². The van der Waals surface area contributed by atoms with E-state index < -0.39 is 5.82 Å². The van der Waals surface area contributed by atoms with Gasteiger partial charge in [0.25, 0.3) is 0 Å². The zero-order chi connectivity index (χ0) is 19.8. The van der Waals surface area contributed by atoms with Crippen LogP contribution >= 0.6 is 11.6 Å². The lowest BCUT2D eigenvalue weighted by Gasteiger charge is -2.16. The van der Waals surface area contributed by atoms with Crippen LogP contribution in [0.2, 0.25) is 5.02 Å².